The summed E-state index contributed by atoms with van der Waals surface area (Å²) in [5.74, 6) is -0.270. The molecule has 2 rings (SSSR count). The van der Waals surface area contributed by atoms with Crippen LogP contribution in [0.15, 0.2) is 0 Å². The van der Waals surface area contributed by atoms with E-state index in [1.807, 2.05) is 0 Å². The molecule has 0 bridgehead atoms. The van der Waals surface area contributed by atoms with Gasteiger partial charge in [0.2, 0.25) is 0 Å². The van der Waals surface area contributed by atoms with Crippen molar-refractivity contribution in [2.24, 2.45) is 7.05 Å². The van der Waals surface area contributed by atoms with Crippen molar-refractivity contribution in [2.45, 2.75) is 13.0 Å². The SMILES string of the molecule is Cc1c(Cl)c(C(=O)N2CCOCC(O)C2)nn1C. The zero-order valence-corrected chi connectivity index (χ0v) is 11.1. The molecule has 0 aliphatic carbocycles. The monoisotopic (exact) mass is 273 g/mol. The third-order valence-corrected chi connectivity index (χ3v) is 3.45. The van der Waals surface area contributed by atoms with E-state index in [0.29, 0.717) is 18.2 Å². The van der Waals surface area contributed by atoms with Gasteiger partial charge >= 0.3 is 0 Å². The Morgan fingerprint density at radius 2 is 2.33 bits per heavy atom. The molecule has 1 saturated heterocycles. The minimum atomic E-state index is -0.667. The Labute approximate surface area is 110 Å². The second-order valence-corrected chi connectivity index (χ2v) is 4.73. The number of nitrogens with zero attached hydrogens (tertiary/aromatic N) is 3. The van der Waals surface area contributed by atoms with Crippen LogP contribution >= 0.6 is 11.6 Å². The minimum absolute atomic E-state index is 0.228. The Kier molecular flexibility index (Phi) is 3.89. The van der Waals surface area contributed by atoms with Gasteiger partial charge in [0.25, 0.3) is 5.91 Å². The van der Waals surface area contributed by atoms with E-state index < -0.39 is 6.10 Å². The molecule has 1 amide bonds. The maximum atomic E-state index is 12.3. The lowest BCUT2D eigenvalue weighted by molar-refractivity contribution is 0.0532. The van der Waals surface area contributed by atoms with Crippen LogP contribution in [0, 0.1) is 6.92 Å². The molecule has 100 valence electrons. The highest BCUT2D eigenvalue weighted by molar-refractivity contribution is 6.34. The molecule has 0 saturated carbocycles. The van der Waals surface area contributed by atoms with Gasteiger partial charge in [0.1, 0.15) is 0 Å². The predicted molar refractivity (Wildman–Crippen MR) is 65.7 cm³/mol. The molecule has 2 heterocycles. The van der Waals surface area contributed by atoms with Crippen molar-refractivity contribution in [1.82, 2.24) is 14.7 Å². The lowest BCUT2D eigenvalue weighted by atomic mass is 10.3. The van der Waals surface area contributed by atoms with E-state index in [9.17, 15) is 9.90 Å². The van der Waals surface area contributed by atoms with Crippen molar-refractivity contribution in [3.63, 3.8) is 0 Å². The fraction of sp³-hybridized carbons (Fsp3) is 0.636. The van der Waals surface area contributed by atoms with Gasteiger partial charge in [-0.3, -0.25) is 9.48 Å². The summed E-state index contributed by atoms with van der Waals surface area (Å²) in [6, 6.07) is 0. The molecule has 7 heteroatoms. The second-order valence-electron chi connectivity index (χ2n) is 4.35. The molecule has 18 heavy (non-hydrogen) atoms. The van der Waals surface area contributed by atoms with Crippen LogP contribution in [0.3, 0.4) is 0 Å². The van der Waals surface area contributed by atoms with Gasteiger partial charge in [-0.1, -0.05) is 11.6 Å². The lowest BCUT2D eigenvalue weighted by Gasteiger charge is -2.20. The second kappa shape index (κ2) is 5.26. The van der Waals surface area contributed by atoms with Crippen molar-refractivity contribution in [3.05, 3.63) is 16.4 Å². The Morgan fingerprint density at radius 1 is 1.61 bits per heavy atom. The highest BCUT2D eigenvalue weighted by Crippen LogP contribution is 2.21. The average Bonchev–Trinajstić information content (AvgIpc) is 2.55. The third-order valence-electron chi connectivity index (χ3n) is 3.00. The summed E-state index contributed by atoms with van der Waals surface area (Å²) in [4.78, 5) is 13.8. The summed E-state index contributed by atoms with van der Waals surface area (Å²) in [7, 11) is 1.73. The third kappa shape index (κ3) is 2.50. The van der Waals surface area contributed by atoms with Crippen molar-refractivity contribution in [1.29, 1.82) is 0 Å². The topological polar surface area (TPSA) is 67.6 Å². The van der Waals surface area contributed by atoms with Gasteiger partial charge in [-0.2, -0.15) is 5.10 Å². The van der Waals surface area contributed by atoms with E-state index in [0.717, 1.165) is 5.69 Å². The van der Waals surface area contributed by atoms with Gasteiger partial charge in [0, 0.05) is 20.1 Å². The first-order valence-corrected chi connectivity index (χ1v) is 6.12. The van der Waals surface area contributed by atoms with Gasteiger partial charge in [0.05, 0.1) is 30.0 Å². The summed E-state index contributed by atoms with van der Waals surface area (Å²) >= 11 is 6.08. The quantitative estimate of drug-likeness (QED) is 0.795. The molecular formula is C11H16ClN3O3. The van der Waals surface area contributed by atoms with E-state index >= 15 is 0 Å². The smallest absolute Gasteiger partial charge is 0.276 e. The van der Waals surface area contributed by atoms with Crippen molar-refractivity contribution < 1.29 is 14.6 Å². The van der Waals surface area contributed by atoms with E-state index in [-0.39, 0.29) is 24.8 Å². The van der Waals surface area contributed by atoms with E-state index in [4.69, 9.17) is 16.3 Å². The highest BCUT2D eigenvalue weighted by Gasteiger charge is 2.26. The van der Waals surface area contributed by atoms with Gasteiger partial charge in [-0.05, 0) is 6.92 Å². The largest absolute Gasteiger partial charge is 0.389 e. The summed E-state index contributed by atoms with van der Waals surface area (Å²) in [5, 5.41) is 14.1. The van der Waals surface area contributed by atoms with Crippen LogP contribution in [0.1, 0.15) is 16.2 Å². The number of aliphatic hydroxyl groups excluding tert-OH is 1. The predicted octanol–water partition coefficient (Wildman–Crippen LogP) is 0.215. The molecule has 0 radical (unpaired) electrons. The molecule has 1 aliphatic rings. The standard InChI is InChI=1S/C11H16ClN3O3/c1-7-9(12)10(13-14(7)2)11(17)15-3-4-18-6-8(16)5-15/h8,16H,3-6H2,1-2H3. The molecule has 6 nitrogen and oxygen atoms in total. The number of amides is 1. The van der Waals surface area contributed by atoms with E-state index in [1.54, 1.807) is 18.7 Å². The maximum absolute atomic E-state index is 12.3. The highest BCUT2D eigenvalue weighted by atomic mass is 35.5. The van der Waals surface area contributed by atoms with Crippen molar-refractivity contribution in [3.8, 4) is 0 Å². The number of aromatic nitrogens is 2. The maximum Gasteiger partial charge on any atom is 0.276 e. The Balaban J connectivity index is 2.21. The van der Waals surface area contributed by atoms with E-state index in [2.05, 4.69) is 5.10 Å². The summed E-state index contributed by atoms with van der Waals surface area (Å²) < 4.78 is 6.75. The molecule has 1 aliphatic heterocycles. The van der Waals surface area contributed by atoms with Crippen molar-refractivity contribution >= 4 is 17.5 Å². The number of ether oxygens (including phenoxy) is 1. The molecule has 1 fully saturated rings. The molecule has 1 unspecified atom stereocenters. The first-order chi connectivity index (χ1) is 8.50. The van der Waals surface area contributed by atoms with Crippen LogP contribution in [-0.4, -0.2) is 58.1 Å². The number of β-amino-alcohol motifs (C(OH)–C–C–N with tert-alkyl or cyclic N) is 1. The summed E-state index contributed by atoms with van der Waals surface area (Å²) in [6.07, 6.45) is -0.667. The first-order valence-electron chi connectivity index (χ1n) is 5.75. The van der Waals surface area contributed by atoms with Gasteiger partial charge in [0.15, 0.2) is 5.69 Å². The Morgan fingerprint density at radius 3 is 2.94 bits per heavy atom. The minimum Gasteiger partial charge on any atom is -0.389 e. The number of hydrogen-bond acceptors (Lipinski definition) is 4. The number of hydrogen-bond donors (Lipinski definition) is 1. The number of halogens is 1. The van der Waals surface area contributed by atoms with Crippen LogP contribution in [-0.2, 0) is 11.8 Å². The first kappa shape index (κ1) is 13.3. The Bertz CT molecular complexity index is 461. The van der Waals surface area contributed by atoms with Crippen LogP contribution in [0.25, 0.3) is 0 Å². The van der Waals surface area contributed by atoms with E-state index in [1.165, 1.54) is 4.90 Å². The molecule has 0 spiro atoms. The van der Waals surface area contributed by atoms with Crippen LogP contribution < -0.4 is 0 Å². The zero-order chi connectivity index (χ0) is 13.3. The number of rotatable bonds is 1. The molecule has 0 aromatic carbocycles. The Hall–Kier alpha value is -1.11. The molecule has 1 aromatic heterocycles. The lowest BCUT2D eigenvalue weighted by Crippen LogP contribution is -2.38. The fourth-order valence-corrected chi connectivity index (χ4v) is 2.09. The molecular weight excluding hydrogens is 258 g/mol. The van der Waals surface area contributed by atoms with Crippen molar-refractivity contribution in [2.75, 3.05) is 26.3 Å². The normalized spacial score (nSPS) is 20.9. The number of carbonyl (C=O) groups is 1. The zero-order valence-electron chi connectivity index (χ0n) is 10.4. The fourth-order valence-electron chi connectivity index (χ4n) is 1.85. The molecule has 1 atom stereocenters. The van der Waals surface area contributed by atoms with Gasteiger partial charge < -0.3 is 14.7 Å². The number of carbonyl (C=O) groups excluding carboxylic acids is 1. The number of aryl methyl sites for hydroxylation is 1. The van der Waals surface area contributed by atoms with Crippen LogP contribution in [0.2, 0.25) is 5.02 Å². The molecule has 1 aromatic rings. The molecule has 1 N–H and O–H groups in total. The van der Waals surface area contributed by atoms with Crippen LogP contribution in [0.4, 0.5) is 0 Å². The van der Waals surface area contributed by atoms with Crippen LogP contribution in [0.5, 0.6) is 0 Å². The number of aliphatic hydroxyl groups is 1. The summed E-state index contributed by atoms with van der Waals surface area (Å²) in [6.45, 7) is 3.13. The van der Waals surface area contributed by atoms with Gasteiger partial charge in [-0.15, -0.1) is 0 Å². The van der Waals surface area contributed by atoms with Gasteiger partial charge in [-0.25, -0.2) is 0 Å². The average molecular weight is 274 g/mol. The summed E-state index contributed by atoms with van der Waals surface area (Å²) in [5.41, 5.74) is 0.970.